The van der Waals surface area contributed by atoms with E-state index in [2.05, 4.69) is 20.9 Å². The van der Waals surface area contributed by atoms with Crippen molar-refractivity contribution in [3.63, 3.8) is 0 Å². The molecule has 11 heteroatoms. The number of benzene rings is 2. The fraction of sp³-hybridized carbons (Fsp3) is 0.217. The van der Waals surface area contributed by atoms with Crippen molar-refractivity contribution in [3.05, 3.63) is 59.1 Å². The molecule has 0 radical (unpaired) electrons. The average Bonchev–Trinajstić information content (AvgIpc) is 3.26. The number of rotatable bonds is 10. The Bertz CT molecular complexity index is 1140. The van der Waals surface area contributed by atoms with Crippen molar-refractivity contribution in [1.82, 2.24) is 4.98 Å². The lowest BCUT2D eigenvalue weighted by Gasteiger charge is -2.08. The van der Waals surface area contributed by atoms with Crippen LogP contribution in [0.25, 0.3) is 0 Å². The molecule has 0 atom stereocenters. The summed E-state index contributed by atoms with van der Waals surface area (Å²) >= 11 is 2.72. The molecular formula is C23H24N4O5S2. The molecular weight excluding hydrogens is 476 g/mol. The van der Waals surface area contributed by atoms with Crippen molar-refractivity contribution >= 4 is 57.3 Å². The monoisotopic (exact) mass is 500 g/mol. The van der Waals surface area contributed by atoms with Gasteiger partial charge in [-0.05, 0) is 36.4 Å². The Hall–Kier alpha value is -3.57. The van der Waals surface area contributed by atoms with Crippen LogP contribution in [0.2, 0.25) is 0 Å². The first-order valence-electron chi connectivity index (χ1n) is 10.1. The molecule has 3 amide bonds. The molecule has 3 rings (SSSR count). The van der Waals surface area contributed by atoms with E-state index in [1.54, 1.807) is 42.5 Å². The number of ether oxygens (including phenoxy) is 2. The maximum Gasteiger partial charge on any atom is 0.257 e. The number of carbonyl (C=O) groups excluding carboxylic acids is 3. The zero-order valence-corrected chi connectivity index (χ0v) is 20.5. The number of amides is 3. The number of carbonyl (C=O) groups is 3. The molecule has 3 N–H and O–H groups in total. The minimum absolute atomic E-state index is 0.145. The number of nitrogens with zero attached hydrogens (tertiary/aromatic N) is 1. The lowest BCUT2D eigenvalue weighted by molar-refractivity contribution is -0.114. The van der Waals surface area contributed by atoms with Crippen LogP contribution in [0.5, 0.6) is 11.5 Å². The Morgan fingerprint density at radius 2 is 1.56 bits per heavy atom. The summed E-state index contributed by atoms with van der Waals surface area (Å²) in [5, 5.41) is 10.6. The average molecular weight is 501 g/mol. The van der Waals surface area contributed by atoms with Crippen LogP contribution >= 0.6 is 23.1 Å². The summed E-state index contributed by atoms with van der Waals surface area (Å²) in [7, 11) is 3.04. The third-order valence-corrected chi connectivity index (χ3v) is 6.13. The van der Waals surface area contributed by atoms with Crippen molar-refractivity contribution in [3.8, 4) is 11.5 Å². The molecule has 3 aromatic rings. The number of anilines is 3. The Kier molecular flexibility index (Phi) is 8.88. The van der Waals surface area contributed by atoms with E-state index < -0.39 is 0 Å². The molecule has 0 saturated heterocycles. The van der Waals surface area contributed by atoms with Gasteiger partial charge < -0.3 is 20.1 Å². The summed E-state index contributed by atoms with van der Waals surface area (Å²) in [6, 6.07) is 11.8. The quantitative estimate of drug-likeness (QED) is 0.381. The molecule has 0 unspecified atom stereocenters. The van der Waals surface area contributed by atoms with Crippen molar-refractivity contribution in [2.75, 3.05) is 35.9 Å². The van der Waals surface area contributed by atoms with Gasteiger partial charge in [-0.2, -0.15) is 0 Å². The third-order valence-electron chi connectivity index (χ3n) is 4.36. The number of thioether (sulfide) groups is 1. The highest BCUT2D eigenvalue weighted by Gasteiger charge is 2.13. The zero-order chi connectivity index (χ0) is 24.5. The molecule has 2 aromatic carbocycles. The summed E-state index contributed by atoms with van der Waals surface area (Å²) in [5.41, 5.74) is 2.47. The van der Waals surface area contributed by atoms with E-state index in [0.717, 1.165) is 5.69 Å². The van der Waals surface area contributed by atoms with Gasteiger partial charge in [0.05, 0.1) is 25.7 Å². The van der Waals surface area contributed by atoms with Gasteiger partial charge >= 0.3 is 0 Å². The summed E-state index contributed by atoms with van der Waals surface area (Å²) in [6.07, 6.45) is 0. The fourth-order valence-corrected chi connectivity index (χ4v) is 4.35. The molecule has 178 valence electrons. The predicted octanol–water partition coefficient (Wildman–Crippen LogP) is 4.24. The normalized spacial score (nSPS) is 10.3. The first kappa shape index (κ1) is 25.1. The van der Waals surface area contributed by atoms with Crippen LogP contribution in [0.15, 0.2) is 47.8 Å². The van der Waals surface area contributed by atoms with Crippen molar-refractivity contribution in [1.29, 1.82) is 0 Å². The summed E-state index contributed by atoms with van der Waals surface area (Å²) in [4.78, 5) is 40.2. The first-order valence-corrected chi connectivity index (χ1v) is 12.1. The van der Waals surface area contributed by atoms with Gasteiger partial charge in [0.25, 0.3) is 5.91 Å². The van der Waals surface area contributed by atoms with Crippen molar-refractivity contribution in [2.45, 2.75) is 12.7 Å². The van der Waals surface area contributed by atoms with Gasteiger partial charge in [-0.1, -0.05) is 0 Å². The van der Waals surface area contributed by atoms with Crippen LogP contribution in [0.1, 0.15) is 23.0 Å². The van der Waals surface area contributed by atoms with E-state index >= 15 is 0 Å². The van der Waals surface area contributed by atoms with Crippen LogP contribution in [0, 0.1) is 0 Å². The molecule has 1 aromatic heterocycles. The molecule has 0 aliphatic carbocycles. The maximum absolute atomic E-state index is 12.6. The largest absolute Gasteiger partial charge is 0.497 e. The number of hydrogen-bond donors (Lipinski definition) is 3. The molecule has 0 fully saturated rings. The molecule has 9 nitrogen and oxygen atoms in total. The van der Waals surface area contributed by atoms with Crippen LogP contribution in [0.4, 0.5) is 16.5 Å². The van der Waals surface area contributed by atoms with Gasteiger partial charge in [-0.3, -0.25) is 19.7 Å². The van der Waals surface area contributed by atoms with Gasteiger partial charge in [0, 0.05) is 41.1 Å². The lowest BCUT2D eigenvalue weighted by Crippen LogP contribution is -2.14. The highest BCUT2D eigenvalue weighted by Crippen LogP contribution is 2.25. The highest BCUT2D eigenvalue weighted by molar-refractivity contribution is 7.99. The van der Waals surface area contributed by atoms with E-state index in [1.807, 2.05) is 5.38 Å². The lowest BCUT2D eigenvalue weighted by atomic mass is 10.2. The fourth-order valence-electron chi connectivity index (χ4n) is 2.82. The Morgan fingerprint density at radius 3 is 2.15 bits per heavy atom. The van der Waals surface area contributed by atoms with Gasteiger partial charge in [0.2, 0.25) is 11.8 Å². The SMILES string of the molecule is COc1cc(OC)cc(C(=O)Nc2nc(CSCC(=O)Nc3ccc(NC(C)=O)cc3)cs2)c1. The van der Waals surface area contributed by atoms with Gasteiger partial charge in [0.1, 0.15) is 11.5 Å². The minimum Gasteiger partial charge on any atom is -0.497 e. The second-order valence-corrected chi connectivity index (χ2v) is 8.84. The standard InChI is InChI=1S/C23H24N4O5S2/c1-14(28)24-16-4-6-17(7-5-16)25-21(29)13-33-11-18-12-34-23(26-18)27-22(30)15-8-19(31-2)10-20(9-15)32-3/h4-10,12H,11,13H2,1-3H3,(H,24,28)(H,25,29)(H,26,27,30). The smallest absolute Gasteiger partial charge is 0.257 e. The Morgan fingerprint density at radius 1 is 0.941 bits per heavy atom. The van der Waals surface area contributed by atoms with Gasteiger partial charge in [-0.25, -0.2) is 4.98 Å². The van der Waals surface area contributed by atoms with Gasteiger partial charge in [0.15, 0.2) is 5.13 Å². The summed E-state index contributed by atoms with van der Waals surface area (Å²) in [6.45, 7) is 1.43. The van der Waals surface area contributed by atoms with E-state index in [4.69, 9.17) is 9.47 Å². The molecule has 0 bridgehead atoms. The second kappa shape index (κ2) is 12.1. The minimum atomic E-state index is -0.324. The van der Waals surface area contributed by atoms with Crippen LogP contribution in [0.3, 0.4) is 0 Å². The zero-order valence-electron chi connectivity index (χ0n) is 18.8. The predicted molar refractivity (Wildman–Crippen MR) is 135 cm³/mol. The molecule has 0 aliphatic rings. The first-order chi connectivity index (χ1) is 16.4. The number of methoxy groups -OCH3 is 2. The topological polar surface area (TPSA) is 119 Å². The van der Waals surface area contributed by atoms with Crippen LogP contribution in [-0.4, -0.2) is 42.7 Å². The highest BCUT2D eigenvalue weighted by atomic mass is 32.2. The Labute approximate surface area is 205 Å². The second-order valence-electron chi connectivity index (χ2n) is 7.00. The Balaban J connectivity index is 1.46. The number of thiazole rings is 1. The molecule has 34 heavy (non-hydrogen) atoms. The van der Waals surface area contributed by atoms with Gasteiger partial charge in [-0.15, -0.1) is 23.1 Å². The third kappa shape index (κ3) is 7.49. The maximum atomic E-state index is 12.6. The number of hydrogen-bond acceptors (Lipinski definition) is 8. The van der Waals surface area contributed by atoms with Crippen molar-refractivity contribution in [2.24, 2.45) is 0 Å². The van der Waals surface area contributed by atoms with E-state index in [9.17, 15) is 14.4 Å². The molecule has 0 saturated carbocycles. The van der Waals surface area contributed by atoms with Crippen molar-refractivity contribution < 1.29 is 23.9 Å². The number of nitrogens with one attached hydrogen (secondary N) is 3. The molecule has 0 aliphatic heterocycles. The molecule has 1 heterocycles. The van der Waals surface area contributed by atoms with E-state index in [0.29, 0.717) is 39.3 Å². The summed E-state index contributed by atoms with van der Waals surface area (Å²) < 4.78 is 10.4. The van der Waals surface area contributed by atoms with E-state index in [1.165, 1.54) is 44.2 Å². The van der Waals surface area contributed by atoms with Crippen LogP contribution < -0.4 is 25.4 Å². The van der Waals surface area contributed by atoms with E-state index in [-0.39, 0.29) is 23.5 Å². The number of aromatic nitrogens is 1. The molecule has 0 spiro atoms. The van der Waals surface area contributed by atoms with Crippen LogP contribution in [-0.2, 0) is 15.3 Å². The summed E-state index contributed by atoms with van der Waals surface area (Å²) in [5.74, 6) is 1.18.